The molecule has 0 aromatic heterocycles. The van der Waals surface area contributed by atoms with Crippen molar-refractivity contribution < 1.29 is 5.11 Å². The quantitative estimate of drug-likeness (QED) is 0.859. The molecule has 2 aromatic rings. The maximum Gasteiger partial charge on any atom is 0.105 e. The number of rotatable bonds is 3. The van der Waals surface area contributed by atoms with Crippen LogP contribution in [0.4, 0.5) is 0 Å². The van der Waals surface area contributed by atoms with E-state index in [4.69, 9.17) is 11.6 Å². The SMILES string of the molecule is OC(c1ccc(C2CCC2)cc1)c1ccccc1Cl. The molecule has 0 spiro atoms. The number of hydrogen-bond donors (Lipinski definition) is 1. The summed E-state index contributed by atoms with van der Waals surface area (Å²) in [5.74, 6) is 0.728. The predicted molar refractivity (Wildman–Crippen MR) is 78.5 cm³/mol. The van der Waals surface area contributed by atoms with Crippen LogP contribution < -0.4 is 0 Å². The summed E-state index contributed by atoms with van der Waals surface area (Å²) in [4.78, 5) is 0. The van der Waals surface area contributed by atoms with Crippen molar-refractivity contribution in [2.24, 2.45) is 0 Å². The lowest BCUT2D eigenvalue weighted by Crippen LogP contribution is -2.09. The fourth-order valence-corrected chi connectivity index (χ4v) is 2.81. The van der Waals surface area contributed by atoms with Crippen LogP contribution >= 0.6 is 11.6 Å². The zero-order valence-electron chi connectivity index (χ0n) is 10.7. The first-order valence-electron chi connectivity index (χ1n) is 6.78. The minimum Gasteiger partial charge on any atom is -0.384 e. The van der Waals surface area contributed by atoms with E-state index in [9.17, 15) is 5.11 Å². The van der Waals surface area contributed by atoms with Crippen molar-refractivity contribution in [3.63, 3.8) is 0 Å². The van der Waals surface area contributed by atoms with Gasteiger partial charge in [0.15, 0.2) is 0 Å². The van der Waals surface area contributed by atoms with Crippen LogP contribution in [0.1, 0.15) is 48.0 Å². The summed E-state index contributed by atoms with van der Waals surface area (Å²) in [6, 6.07) is 15.8. The molecule has 0 heterocycles. The Labute approximate surface area is 118 Å². The van der Waals surface area contributed by atoms with Crippen molar-refractivity contribution in [1.29, 1.82) is 0 Å². The molecule has 3 rings (SSSR count). The Hall–Kier alpha value is -1.31. The zero-order chi connectivity index (χ0) is 13.2. The van der Waals surface area contributed by atoms with Gasteiger partial charge in [-0.05, 0) is 36.0 Å². The monoisotopic (exact) mass is 272 g/mol. The second-order valence-corrected chi connectivity index (χ2v) is 5.63. The highest BCUT2D eigenvalue weighted by atomic mass is 35.5. The third-order valence-electron chi connectivity index (χ3n) is 4.03. The van der Waals surface area contributed by atoms with Crippen molar-refractivity contribution in [1.82, 2.24) is 0 Å². The average molecular weight is 273 g/mol. The van der Waals surface area contributed by atoms with E-state index in [-0.39, 0.29) is 0 Å². The van der Waals surface area contributed by atoms with Crippen LogP contribution in [0.3, 0.4) is 0 Å². The van der Waals surface area contributed by atoms with Crippen LogP contribution in [0.2, 0.25) is 5.02 Å². The fourth-order valence-electron chi connectivity index (χ4n) is 2.57. The van der Waals surface area contributed by atoms with Gasteiger partial charge < -0.3 is 5.11 Å². The molecule has 1 aliphatic rings. The standard InChI is InChI=1S/C17H17ClO/c18-16-7-2-1-6-15(16)17(19)14-10-8-13(9-11-14)12-4-3-5-12/h1-2,6-12,17,19H,3-5H2. The minimum atomic E-state index is -0.649. The van der Waals surface area contributed by atoms with Crippen LogP contribution in [0, 0.1) is 0 Å². The van der Waals surface area contributed by atoms with Crippen LogP contribution in [-0.2, 0) is 0 Å². The van der Waals surface area contributed by atoms with Crippen LogP contribution in [0.15, 0.2) is 48.5 Å². The summed E-state index contributed by atoms with van der Waals surface area (Å²) in [6.07, 6.45) is 3.29. The summed E-state index contributed by atoms with van der Waals surface area (Å²) in [5.41, 5.74) is 3.05. The average Bonchev–Trinajstić information content (AvgIpc) is 2.37. The van der Waals surface area contributed by atoms with Gasteiger partial charge in [0.25, 0.3) is 0 Å². The second kappa shape index (κ2) is 5.36. The largest absolute Gasteiger partial charge is 0.384 e. The molecule has 1 aliphatic carbocycles. The summed E-state index contributed by atoms with van der Waals surface area (Å²) in [7, 11) is 0. The molecule has 0 aliphatic heterocycles. The summed E-state index contributed by atoms with van der Waals surface area (Å²) in [6.45, 7) is 0. The topological polar surface area (TPSA) is 20.2 Å². The minimum absolute atomic E-state index is 0.609. The lowest BCUT2D eigenvalue weighted by Gasteiger charge is -2.26. The van der Waals surface area contributed by atoms with E-state index < -0.39 is 6.10 Å². The number of benzene rings is 2. The van der Waals surface area contributed by atoms with Crippen molar-refractivity contribution in [2.75, 3.05) is 0 Å². The van der Waals surface area contributed by atoms with Gasteiger partial charge in [0.2, 0.25) is 0 Å². The second-order valence-electron chi connectivity index (χ2n) is 5.22. The van der Waals surface area contributed by atoms with Gasteiger partial charge in [0.1, 0.15) is 6.10 Å². The normalized spacial score (nSPS) is 16.9. The number of hydrogen-bond acceptors (Lipinski definition) is 1. The molecule has 1 saturated carbocycles. The van der Waals surface area contributed by atoms with E-state index in [1.165, 1.54) is 24.8 Å². The molecule has 2 aromatic carbocycles. The molecule has 0 radical (unpaired) electrons. The Balaban J connectivity index is 1.83. The van der Waals surface area contributed by atoms with E-state index in [0.717, 1.165) is 17.0 Å². The van der Waals surface area contributed by atoms with E-state index in [0.29, 0.717) is 5.02 Å². The number of aliphatic hydroxyl groups excluding tert-OH is 1. The van der Waals surface area contributed by atoms with Gasteiger partial charge in [-0.1, -0.05) is 60.5 Å². The van der Waals surface area contributed by atoms with Crippen molar-refractivity contribution in [3.05, 3.63) is 70.2 Å². The van der Waals surface area contributed by atoms with Gasteiger partial charge in [-0.2, -0.15) is 0 Å². The maximum absolute atomic E-state index is 10.4. The predicted octanol–water partition coefficient (Wildman–Crippen LogP) is 4.69. The molecule has 1 nitrogen and oxygen atoms in total. The van der Waals surface area contributed by atoms with Gasteiger partial charge in [0, 0.05) is 10.6 Å². The molecule has 0 bridgehead atoms. The van der Waals surface area contributed by atoms with Crippen LogP contribution in [0.5, 0.6) is 0 Å². The van der Waals surface area contributed by atoms with Crippen molar-refractivity contribution >= 4 is 11.6 Å². The van der Waals surface area contributed by atoms with E-state index in [2.05, 4.69) is 12.1 Å². The fraction of sp³-hybridized carbons (Fsp3) is 0.294. The molecule has 1 atom stereocenters. The Bertz CT molecular complexity index is 558. The first-order chi connectivity index (χ1) is 9.25. The van der Waals surface area contributed by atoms with Crippen molar-refractivity contribution in [2.45, 2.75) is 31.3 Å². The Morgan fingerprint density at radius 3 is 2.26 bits per heavy atom. The molecule has 1 fully saturated rings. The molecule has 0 amide bonds. The first kappa shape index (κ1) is 12.7. The van der Waals surface area contributed by atoms with Gasteiger partial charge in [-0.15, -0.1) is 0 Å². The highest BCUT2D eigenvalue weighted by Gasteiger charge is 2.20. The zero-order valence-corrected chi connectivity index (χ0v) is 11.5. The molecule has 2 heteroatoms. The van der Waals surface area contributed by atoms with Gasteiger partial charge in [0.05, 0.1) is 0 Å². The van der Waals surface area contributed by atoms with E-state index in [1.54, 1.807) is 0 Å². The smallest absolute Gasteiger partial charge is 0.105 e. The molecule has 19 heavy (non-hydrogen) atoms. The molecular weight excluding hydrogens is 256 g/mol. The van der Waals surface area contributed by atoms with Crippen LogP contribution in [-0.4, -0.2) is 5.11 Å². The van der Waals surface area contributed by atoms with Crippen LogP contribution in [0.25, 0.3) is 0 Å². The molecule has 1 unspecified atom stereocenters. The lowest BCUT2D eigenvalue weighted by molar-refractivity contribution is 0.220. The lowest BCUT2D eigenvalue weighted by atomic mass is 9.80. The third kappa shape index (κ3) is 2.54. The highest BCUT2D eigenvalue weighted by molar-refractivity contribution is 6.31. The number of aliphatic hydroxyl groups is 1. The summed E-state index contributed by atoms with van der Waals surface area (Å²) in [5, 5.41) is 11.0. The Morgan fingerprint density at radius 2 is 1.68 bits per heavy atom. The number of halogens is 1. The Kier molecular flexibility index (Phi) is 3.58. The molecular formula is C17H17ClO. The maximum atomic E-state index is 10.4. The molecule has 98 valence electrons. The first-order valence-corrected chi connectivity index (χ1v) is 7.16. The third-order valence-corrected chi connectivity index (χ3v) is 4.37. The molecule has 0 saturated heterocycles. The molecule has 1 N–H and O–H groups in total. The highest BCUT2D eigenvalue weighted by Crippen LogP contribution is 2.37. The van der Waals surface area contributed by atoms with Crippen molar-refractivity contribution in [3.8, 4) is 0 Å². The van der Waals surface area contributed by atoms with Gasteiger partial charge in [-0.3, -0.25) is 0 Å². The van der Waals surface area contributed by atoms with E-state index >= 15 is 0 Å². The Morgan fingerprint density at radius 1 is 1.00 bits per heavy atom. The van der Waals surface area contributed by atoms with E-state index in [1.807, 2.05) is 36.4 Å². The van der Waals surface area contributed by atoms with Gasteiger partial charge in [-0.25, -0.2) is 0 Å². The summed E-state index contributed by atoms with van der Waals surface area (Å²) < 4.78 is 0. The van der Waals surface area contributed by atoms with Gasteiger partial charge >= 0.3 is 0 Å². The summed E-state index contributed by atoms with van der Waals surface area (Å²) >= 11 is 6.12.